The largest absolute Gasteiger partial charge is 0.480 e. The van der Waals surface area contributed by atoms with Crippen molar-refractivity contribution in [3.63, 3.8) is 0 Å². The summed E-state index contributed by atoms with van der Waals surface area (Å²) >= 11 is 0. The van der Waals surface area contributed by atoms with Crippen molar-refractivity contribution in [2.24, 2.45) is 17.6 Å². The molecule has 0 bridgehead atoms. The Morgan fingerprint density at radius 3 is 2.30 bits per heavy atom. The lowest BCUT2D eigenvalue weighted by Gasteiger charge is -2.39. The van der Waals surface area contributed by atoms with Crippen LogP contribution in [0.3, 0.4) is 0 Å². The van der Waals surface area contributed by atoms with Crippen molar-refractivity contribution >= 4 is 0 Å². The van der Waals surface area contributed by atoms with Gasteiger partial charge in [-0.25, -0.2) is 4.98 Å². The molecule has 5 unspecified atom stereocenters. The van der Waals surface area contributed by atoms with Crippen LogP contribution in [0.1, 0.15) is 178 Å². The van der Waals surface area contributed by atoms with Gasteiger partial charge in [-0.15, -0.1) is 0 Å². The molecule has 2 aliphatic carbocycles. The summed E-state index contributed by atoms with van der Waals surface area (Å²) in [4.78, 5) is 5.22. The molecule has 0 amide bonds. The summed E-state index contributed by atoms with van der Waals surface area (Å²) in [6.45, 7) is 11.7. The van der Waals surface area contributed by atoms with Gasteiger partial charge in [0.2, 0.25) is 0 Å². The van der Waals surface area contributed by atoms with Crippen molar-refractivity contribution in [2.45, 2.75) is 180 Å². The lowest BCUT2D eigenvalue weighted by Crippen LogP contribution is -2.48. The van der Waals surface area contributed by atoms with E-state index < -0.39 is 0 Å². The zero-order valence-corrected chi connectivity index (χ0v) is 28.2. The Hall–Kier alpha value is -1.53. The van der Waals surface area contributed by atoms with Crippen LogP contribution in [0.2, 0.25) is 0 Å². The van der Waals surface area contributed by atoms with Crippen molar-refractivity contribution in [3.8, 4) is 0 Å². The molecule has 5 atom stereocenters. The third-order valence-electron chi connectivity index (χ3n) is 10.7. The minimum atomic E-state index is -0.110. The van der Waals surface area contributed by atoms with Gasteiger partial charge in [0.05, 0.1) is 12.3 Å². The molecular weight excluding hydrogens is 530 g/mol. The number of hydrogen-bond acceptors (Lipinski definition) is 5. The van der Waals surface area contributed by atoms with Gasteiger partial charge in [0.25, 0.3) is 0 Å². The number of nitrogens with one attached hydrogen (secondary N) is 2. The number of fused-ring (bicyclic) bond motifs is 3. The number of aryl methyl sites for hydroxylation is 1. The van der Waals surface area contributed by atoms with Crippen LogP contribution < -0.4 is 16.4 Å². The standard InChI is InChI=1S/C37H67N5O/c1-4-6-8-9-10-11-12-13-14-17-26-43-29(3)39-27-30-19-18-20-31(25-24-30)28-42-34(23-7-5-2)41-35-36(42)32-21-15-16-22-33(32)40-37(35)38/h30-33,37,39-40H,3-28,38H2,1-2H3. The molecule has 0 saturated heterocycles. The number of rotatable bonds is 20. The number of ether oxygens (including phenoxy) is 1. The van der Waals surface area contributed by atoms with Gasteiger partial charge < -0.3 is 20.4 Å². The Morgan fingerprint density at radius 2 is 1.53 bits per heavy atom. The van der Waals surface area contributed by atoms with Gasteiger partial charge in [-0.05, 0) is 69.8 Å². The maximum atomic E-state index is 6.67. The van der Waals surface area contributed by atoms with Crippen LogP contribution in [0.4, 0.5) is 0 Å². The van der Waals surface area contributed by atoms with E-state index in [0.29, 0.717) is 17.9 Å². The normalized spacial score (nSPS) is 25.5. The van der Waals surface area contributed by atoms with Gasteiger partial charge in [-0.2, -0.15) is 0 Å². The van der Waals surface area contributed by atoms with Crippen LogP contribution in [-0.2, 0) is 17.7 Å². The molecular formula is C37H67N5O. The van der Waals surface area contributed by atoms with Gasteiger partial charge in [-0.3, -0.25) is 5.32 Å². The molecule has 4 N–H and O–H groups in total. The first kappa shape index (κ1) is 34.3. The number of imidazole rings is 1. The third kappa shape index (κ3) is 10.8. The first-order valence-electron chi connectivity index (χ1n) is 18.8. The monoisotopic (exact) mass is 598 g/mol. The maximum absolute atomic E-state index is 6.67. The molecule has 43 heavy (non-hydrogen) atoms. The average Bonchev–Trinajstić information content (AvgIpc) is 3.22. The maximum Gasteiger partial charge on any atom is 0.179 e. The summed E-state index contributed by atoms with van der Waals surface area (Å²) in [7, 11) is 0. The Kier molecular flexibility index (Phi) is 15.2. The zero-order chi connectivity index (χ0) is 30.3. The SMILES string of the molecule is C=C(NCC1CCCC(Cn2c(CCCC)nc3c2C2CCCCC2NC3N)CC1)OCCCCCCCCCCCC. The van der Waals surface area contributed by atoms with Crippen LogP contribution in [0.15, 0.2) is 12.5 Å². The van der Waals surface area contributed by atoms with Gasteiger partial charge >= 0.3 is 0 Å². The van der Waals surface area contributed by atoms with Crippen LogP contribution in [-0.4, -0.2) is 28.7 Å². The zero-order valence-electron chi connectivity index (χ0n) is 28.2. The molecule has 4 rings (SSSR count). The van der Waals surface area contributed by atoms with Gasteiger partial charge in [0.1, 0.15) is 12.0 Å². The first-order chi connectivity index (χ1) is 21.1. The van der Waals surface area contributed by atoms with E-state index in [0.717, 1.165) is 50.0 Å². The van der Waals surface area contributed by atoms with Crippen LogP contribution in [0.5, 0.6) is 0 Å². The fourth-order valence-electron chi connectivity index (χ4n) is 8.04. The Bertz CT molecular complexity index is 928. The molecule has 1 aromatic rings. The second-order valence-electron chi connectivity index (χ2n) is 14.2. The van der Waals surface area contributed by atoms with E-state index in [4.69, 9.17) is 15.5 Å². The smallest absolute Gasteiger partial charge is 0.179 e. The lowest BCUT2D eigenvalue weighted by atomic mass is 9.79. The average molecular weight is 598 g/mol. The molecule has 246 valence electrons. The highest BCUT2D eigenvalue weighted by molar-refractivity contribution is 5.30. The van der Waals surface area contributed by atoms with Gasteiger partial charge in [0, 0.05) is 37.2 Å². The molecule has 6 nitrogen and oxygen atoms in total. The van der Waals surface area contributed by atoms with E-state index in [1.807, 2.05) is 0 Å². The van der Waals surface area contributed by atoms with Crippen molar-refractivity contribution < 1.29 is 4.74 Å². The van der Waals surface area contributed by atoms with Crippen molar-refractivity contribution in [1.82, 2.24) is 20.2 Å². The van der Waals surface area contributed by atoms with Crippen molar-refractivity contribution in [2.75, 3.05) is 13.2 Å². The van der Waals surface area contributed by atoms with Crippen molar-refractivity contribution in [1.29, 1.82) is 0 Å². The molecule has 0 aromatic carbocycles. The molecule has 2 heterocycles. The number of nitrogens with two attached hydrogens (primary N) is 1. The molecule has 1 aromatic heterocycles. The fraction of sp³-hybridized carbons (Fsp3) is 0.865. The summed E-state index contributed by atoms with van der Waals surface area (Å²) in [6, 6.07) is 0.524. The van der Waals surface area contributed by atoms with Gasteiger partial charge in [-0.1, -0.05) is 97.3 Å². The van der Waals surface area contributed by atoms with E-state index in [1.54, 1.807) is 0 Å². The van der Waals surface area contributed by atoms with Crippen molar-refractivity contribution in [3.05, 3.63) is 29.7 Å². The molecule has 2 saturated carbocycles. The Balaban J connectivity index is 1.17. The lowest BCUT2D eigenvalue weighted by molar-refractivity contribution is 0.181. The summed E-state index contributed by atoms with van der Waals surface area (Å²) < 4.78 is 8.63. The highest BCUT2D eigenvalue weighted by atomic mass is 16.5. The molecule has 0 radical (unpaired) electrons. The summed E-state index contributed by atoms with van der Waals surface area (Å²) in [5.41, 5.74) is 9.32. The topological polar surface area (TPSA) is 77.1 Å². The van der Waals surface area contributed by atoms with Crippen LogP contribution >= 0.6 is 0 Å². The van der Waals surface area contributed by atoms with E-state index >= 15 is 0 Å². The van der Waals surface area contributed by atoms with Crippen LogP contribution in [0.25, 0.3) is 0 Å². The minimum Gasteiger partial charge on any atom is -0.480 e. The number of aromatic nitrogens is 2. The Morgan fingerprint density at radius 1 is 0.860 bits per heavy atom. The van der Waals surface area contributed by atoms with E-state index in [-0.39, 0.29) is 6.17 Å². The second kappa shape index (κ2) is 19.1. The quantitative estimate of drug-likeness (QED) is 0.0794. The van der Waals surface area contributed by atoms with E-state index in [9.17, 15) is 0 Å². The molecule has 1 aliphatic heterocycles. The molecule has 6 heteroatoms. The second-order valence-corrected chi connectivity index (χ2v) is 14.2. The first-order valence-corrected chi connectivity index (χ1v) is 18.8. The molecule has 3 aliphatic rings. The van der Waals surface area contributed by atoms with E-state index in [1.165, 1.54) is 140 Å². The predicted molar refractivity (Wildman–Crippen MR) is 181 cm³/mol. The minimum absolute atomic E-state index is 0.110. The van der Waals surface area contributed by atoms with Crippen LogP contribution in [0, 0.1) is 11.8 Å². The highest BCUT2D eigenvalue weighted by Crippen LogP contribution is 2.41. The summed E-state index contributed by atoms with van der Waals surface area (Å²) in [5.74, 6) is 4.09. The van der Waals surface area contributed by atoms with E-state index in [2.05, 4.69) is 35.6 Å². The predicted octanol–water partition coefficient (Wildman–Crippen LogP) is 9.01. The number of nitrogens with zero attached hydrogens (tertiary/aromatic N) is 2. The molecule has 0 spiro atoms. The summed E-state index contributed by atoms with van der Waals surface area (Å²) in [5, 5.41) is 7.26. The van der Waals surface area contributed by atoms with Gasteiger partial charge in [0.15, 0.2) is 5.88 Å². The fourth-order valence-corrected chi connectivity index (χ4v) is 8.04. The third-order valence-corrected chi connectivity index (χ3v) is 10.7. The number of hydrogen-bond donors (Lipinski definition) is 3. The summed E-state index contributed by atoms with van der Waals surface area (Å²) in [6.07, 6.45) is 28.6. The Labute approximate surface area is 264 Å². The number of unbranched alkanes of at least 4 members (excludes halogenated alkanes) is 10. The highest BCUT2D eigenvalue weighted by Gasteiger charge is 2.39. The molecule has 2 fully saturated rings.